The van der Waals surface area contributed by atoms with Crippen molar-refractivity contribution in [1.82, 2.24) is 4.90 Å². The lowest BCUT2D eigenvalue weighted by atomic mass is 10.1. The number of thioether (sulfide) groups is 1. The fraction of sp³-hybridized carbons (Fsp3) is 0.300. The van der Waals surface area contributed by atoms with Crippen molar-refractivity contribution in [3.8, 4) is 5.75 Å². The second-order valence-electron chi connectivity index (χ2n) is 5.80. The molecule has 0 atom stereocenters. The number of ether oxygens (including phenoxy) is 1. The van der Waals surface area contributed by atoms with Crippen LogP contribution in [0.3, 0.4) is 0 Å². The van der Waals surface area contributed by atoms with Gasteiger partial charge in [-0.1, -0.05) is 19.1 Å². The number of rotatable bonds is 8. The van der Waals surface area contributed by atoms with E-state index in [9.17, 15) is 9.59 Å². The first-order chi connectivity index (χ1) is 12.7. The van der Waals surface area contributed by atoms with Crippen molar-refractivity contribution in [2.24, 2.45) is 0 Å². The highest BCUT2D eigenvalue weighted by Gasteiger charge is 2.38. The van der Waals surface area contributed by atoms with E-state index in [0.717, 1.165) is 23.5 Å². The number of carbonyl (C=O) groups is 2. The van der Waals surface area contributed by atoms with Gasteiger partial charge >= 0.3 is 0 Å². The third-order valence-electron chi connectivity index (χ3n) is 4.00. The molecular formula is C20H21NO4S. The number of furan rings is 1. The largest absolute Gasteiger partial charge is 0.494 e. The minimum atomic E-state index is -0.248. The van der Waals surface area contributed by atoms with Crippen LogP contribution in [-0.2, 0) is 15.3 Å². The van der Waals surface area contributed by atoms with E-state index >= 15 is 0 Å². The molecule has 136 valence electrons. The van der Waals surface area contributed by atoms with Crippen molar-refractivity contribution in [2.75, 3.05) is 13.2 Å². The number of benzene rings is 1. The molecule has 1 aromatic carbocycles. The Morgan fingerprint density at radius 2 is 1.85 bits per heavy atom. The van der Waals surface area contributed by atoms with Crippen molar-refractivity contribution in [3.63, 3.8) is 0 Å². The van der Waals surface area contributed by atoms with Crippen LogP contribution < -0.4 is 4.74 Å². The number of hydrogen-bond acceptors (Lipinski definition) is 5. The summed E-state index contributed by atoms with van der Waals surface area (Å²) in [5.41, 5.74) is 1.18. The van der Waals surface area contributed by atoms with E-state index in [1.165, 1.54) is 16.7 Å². The molecular weight excluding hydrogens is 350 g/mol. The van der Waals surface area contributed by atoms with Gasteiger partial charge in [0, 0.05) is 6.54 Å². The summed E-state index contributed by atoms with van der Waals surface area (Å²) in [6.45, 7) is 4.84. The first-order valence-electron chi connectivity index (χ1n) is 8.64. The third-order valence-corrected chi connectivity index (χ3v) is 5.09. The van der Waals surface area contributed by atoms with Crippen LogP contribution in [0.15, 0.2) is 52.0 Å². The van der Waals surface area contributed by atoms with E-state index in [2.05, 4.69) is 0 Å². The van der Waals surface area contributed by atoms with E-state index in [1.807, 2.05) is 37.3 Å². The Morgan fingerprint density at radius 1 is 1.08 bits per heavy atom. The lowest BCUT2D eigenvalue weighted by molar-refractivity contribution is -0.136. The zero-order valence-corrected chi connectivity index (χ0v) is 15.7. The zero-order valence-electron chi connectivity index (χ0n) is 14.9. The molecule has 0 saturated carbocycles. The van der Waals surface area contributed by atoms with E-state index < -0.39 is 0 Å². The van der Waals surface area contributed by atoms with Gasteiger partial charge in [-0.15, -0.1) is 11.8 Å². The Kier molecular flexibility index (Phi) is 5.83. The molecule has 26 heavy (non-hydrogen) atoms. The average molecular weight is 371 g/mol. The third kappa shape index (κ3) is 3.70. The number of imide groups is 1. The highest BCUT2D eigenvalue weighted by atomic mass is 32.2. The summed E-state index contributed by atoms with van der Waals surface area (Å²) < 4.78 is 10.9. The Labute approximate surface area is 157 Å². The number of amides is 2. The Balaban J connectivity index is 1.89. The van der Waals surface area contributed by atoms with E-state index in [4.69, 9.17) is 9.15 Å². The predicted octanol–water partition coefficient (Wildman–Crippen LogP) is 4.10. The number of likely N-dealkylation sites (N-methyl/N-ethyl adjacent to an activating group) is 1. The second-order valence-corrected chi connectivity index (χ2v) is 6.79. The maximum Gasteiger partial charge on any atom is 0.267 e. The second kappa shape index (κ2) is 8.27. The minimum Gasteiger partial charge on any atom is -0.494 e. The molecule has 0 saturated heterocycles. The van der Waals surface area contributed by atoms with Crippen molar-refractivity contribution >= 4 is 29.1 Å². The van der Waals surface area contributed by atoms with Gasteiger partial charge in [-0.05, 0) is 43.2 Å². The minimum absolute atomic E-state index is 0.240. The lowest BCUT2D eigenvalue weighted by Gasteiger charge is -2.11. The fourth-order valence-corrected chi connectivity index (χ4v) is 3.74. The molecule has 1 aliphatic heterocycles. The highest BCUT2D eigenvalue weighted by Crippen LogP contribution is 2.37. The molecule has 0 fully saturated rings. The summed E-state index contributed by atoms with van der Waals surface area (Å²) in [7, 11) is 0. The summed E-state index contributed by atoms with van der Waals surface area (Å²) >= 11 is 1.34. The zero-order chi connectivity index (χ0) is 18.5. The van der Waals surface area contributed by atoms with E-state index in [0.29, 0.717) is 29.4 Å². The molecule has 2 amide bonds. The van der Waals surface area contributed by atoms with Crippen LogP contribution in [0.1, 0.15) is 31.6 Å². The van der Waals surface area contributed by atoms with Gasteiger partial charge in [-0.2, -0.15) is 0 Å². The molecule has 0 aliphatic carbocycles. The maximum absolute atomic E-state index is 12.8. The van der Waals surface area contributed by atoms with Crippen molar-refractivity contribution in [1.29, 1.82) is 0 Å². The molecule has 0 unspecified atom stereocenters. The summed E-state index contributed by atoms with van der Waals surface area (Å²) in [6.07, 6.45) is 2.53. The maximum atomic E-state index is 12.8. The van der Waals surface area contributed by atoms with E-state index in [-0.39, 0.29) is 11.8 Å². The average Bonchev–Trinajstić information content (AvgIpc) is 3.25. The highest BCUT2D eigenvalue weighted by molar-refractivity contribution is 8.03. The first-order valence-corrected chi connectivity index (χ1v) is 9.63. The van der Waals surface area contributed by atoms with Gasteiger partial charge < -0.3 is 9.15 Å². The van der Waals surface area contributed by atoms with Crippen LogP contribution in [0.4, 0.5) is 0 Å². The van der Waals surface area contributed by atoms with Crippen LogP contribution in [0.2, 0.25) is 0 Å². The Bertz CT molecular complexity index is 809. The molecule has 2 aromatic rings. The van der Waals surface area contributed by atoms with Crippen molar-refractivity contribution < 1.29 is 18.7 Å². The predicted molar refractivity (Wildman–Crippen MR) is 102 cm³/mol. The van der Waals surface area contributed by atoms with Crippen LogP contribution in [-0.4, -0.2) is 29.9 Å². The fourth-order valence-electron chi connectivity index (χ4n) is 2.71. The van der Waals surface area contributed by atoms with Crippen LogP contribution >= 0.6 is 11.8 Å². The number of nitrogens with zero attached hydrogens (tertiary/aromatic N) is 1. The Morgan fingerprint density at radius 3 is 2.46 bits per heavy atom. The number of hydrogen-bond donors (Lipinski definition) is 0. The van der Waals surface area contributed by atoms with Gasteiger partial charge in [0.1, 0.15) is 11.5 Å². The van der Waals surface area contributed by atoms with Gasteiger partial charge in [0.05, 0.1) is 29.1 Å². The van der Waals surface area contributed by atoms with Crippen LogP contribution in [0.5, 0.6) is 5.75 Å². The normalized spacial score (nSPS) is 14.5. The summed E-state index contributed by atoms with van der Waals surface area (Å²) in [5, 5.41) is 0. The summed E-state index contributed by atoms with van der Waals surface area (Å²) in [4.78, 5) is 27.2. The van der Waals surface area contributed by atoms with Crippen LogP contribution in [0, 0.1) is 0 Å². The monoisotopic (exact) mass is 371 g/mol. The van der Waals surface area contributed by atoms with Gasteiger partial charge in [-0.3, -0.25) is 14.5 Å². The molecule has 0 bridgehead atoms. The first kappa shape index (κ1) is 18.3. The van der Waals surface area contributed by atoms with Gasteiger partial charge in [0.2, 0.25) is 0 Å². The quantitative estimate of drug-likeness (QED) is 0.654. The molecule has 5 nitrogen and oxygen atoms in total. The molecule has 2 heterocycles. The molecule has 6 heteroatoms. The topological polar surface area (TPSA) is 59.8 Å². The van der Waals surface area contributed by atoms with Gasteiger partial charge in [0.25, 0.3) is 11.8 Å². The van der Waals surface area contributed by atoms with E-state index in [1.54, 1.807) is 19.3 Å². The number of carbonyl (C=O) groups excluding carboxylic acids is 2. The van der Waals surface area contributed by atoms with Crippen LogP contribution in [0.25, 0.3) is 5.57 Å². The molecule has 0 spiro atoms. The SMILES string of the molecule is CCCOc1ccc(C2=C(SCc3ccco3)C(=O)N(CC)C2=O)cc1. The summed E-state index contributed by atoms with van der Waals surface area (Å²) in [6, 6.07) is 11.0. The molecule has 0 N–H and O–H groups in total. The van der Waals surface area contributed by atoms with Gasteiger partial charge in [-0.25, -0.2) is 0 Å². The lowest BCUT2D eigenvalue weighted by Crippen LogP contribution is -2.31. The van der Waals surface area contributed by atoms with Crippen molar-refractivity contribution in [3.05, 3.63) is 58.9 Å². The molecule has 1 aliphatic rings. The molecule has 3 rings (SSSR count). The Hall–Kier alpha value is -2.47. The molecule has 1 aromatic heterocycles. The smallest absolute Gasteiger partial charge is 0.267 e. The van der Waals surface area contributed by atoms with Crippen molar-refractivity contribution in [2.45, 2.75) is 26.0 Å². The standard InChI is InChI=1S/C20H21NO4S/c1-3-11-24-15-9-7-14(8-10-15)17-18(20(23)21(4-2)19(17)22)26-13-16-6-5-12-25-16/h5-10,12H,3-4,11,13H2,1-2H3. The van der Waals surface area contributed by atoms with Gasteiger partial charge in [0.15, 0.2) is 0 Å². The molecule has 0 radical (unpaired) electrons. The summed E-state index contributed by atoms with van der Waals surface area (Å²) in [5.74, 6) is 1.53.